The monoisotopic (exact) mass is 381 g/mol. The van der Waals surface area contributed by atoms with Gasteiger partial charge in [0.15, 0.2) is 0 Å². The van der Waals surface area contributed by atoms with Gasteiger partial charge in [0.25, 0.3) is 11.8 Å². The highest BCUT2D eigenvalue weighted by Crippen LogP contribution is 2.29. The van der Waals surface area contributed by atoms with E-state index in [9.17, 15) is 14.4 Å². The highest BCUT2D eigenvalue weighted by atomic mass is 16.5. The molecular formula is C21H23N3O4. The number of rotatable bonds is 5. The maximum Gasteiger partial charge on any atom is 0.338 e. The lowest BCUT2D eigenvalue weighted by molar-refractivity contribution is -0.130. The fourth-order valence-electron chi connectivity index (χ4n) is 2.96. The van der Waals surface area contributed by atoms with Gasteiger partial charge in [-0.25, -0.2) is 4.79 Å². The van der Waals surface area contributed by atoms with Crippen LogP contribution in [0.25, 0.3) is 0 Å². The van der Waals surface area contributed by atoms with E-state index in [1.165, 1.54) is 0 Å². The maximum atomic E-state index is 13.0. The summed E-state index contributed by atoms with van der Waals surface area (Å²) in [5.41, 5.74) is -0.152. The Kier molecular flexibility index (Phi) is 5.44. The molecule has 28 heavy (non-hydrogen) atoms. The second kappa shape index (κ2) is 7.80. The van der Waals surface area contributed by atoms with Crippen molar-refractivity contribution in [1.29, 1.82) is 0 Å². The van der Waals surface area contributed by atoms with Crippen LogP contribution in [0.5, 0.6) is 0 Å². The Bertz CT molecular complexity index is 883. The summed E-state index contributed by atoms with van der Waals surface area (Å²) in [4.78, 5) is 42.7. The summed E-state index contributed by atoms with van der Waals surface area (Å²) in [5, 5.41) is 2.82. The molecular weight excluding hydrogens is 358 g/mol. The van der Waals surface area contributed by atoms with Crippen LogP contribution >= 0.6 is 0 Å². The van der Waals surface area contributed by atoms with Crippen molar-refractivity contribution in [3.63, 3.8) is 0 Å². The molecule has 0 aliphatic carbocycles. The van der Waals surface area contributed by atoms with Gasteiger partial charge in [0.1, 0.15) is 11.4 Å². The standard InChI is InChI=1S/C21H23N3O4/c1-14(2)13-28-19(26)15-7-9-16(10-8-15)22-20(27)21(3)12-18(25)23-17-6-4-5-11-24(17)21/h4-11,14H,12-13H2,1-3H3,(H,22,27). The van der Waals surface area contributed by atoms with Crippen LogP contribution in [0.3, 0.4) is 0 Å². The van der Waals surface area contributed by atoms with Crippen LogP contribution in [0, 0.1) is 5.92 Å². The van der Waals surface area contributed by atoms with Crippen molar-refractivity contribution in [1.82, 2.24) is 4.90 Å². The largest absolute Gasteiger partial charge is 0.462 e. The smallest absolute Gasteiger partial charge is 0.338 e. The number of hydrogen-bond donors (Lipinski definition) is 1. The Morgan fingerprint density at radius 2 is 1.96 bits per heavy atom. The van der Waals surface area contributed by atoms with Gasteiger partial charge in [-0.15, -0.1) is 0 Å². The predicted molar refractivity (Wildman–Crippen MR) is 106 cm³/mol. The van der Waals surface area contributed by atoms with Crippen LogP contribution in [-0.2, 0) is 14.3 Å². The van der Waals surface area contributed by atoms with Crippen LogP contribution in [0.15, 0.2) is 53.7 Å². The zero-order valence-electron chi connectivity index (χ0n) is 16.1. The molecule has 1 N–H and O–H groups in total. The number of fused-ring (bicyclic) bond motifs is 1. The van der Waals surface area contributed by atoms with Crippen molar-refractivity contribution in [3.05, 3.63) is 54.3 Å². The first-order chi connectivity index (χ1) is 13.3. The van der Waals surface area contributed by atoms with Crippen LogP contribution in [0.1, 0.15) is 37.6 Å². The molecule has 2 aliphatic rings. The summed E-state index contributed by atoms with van der Waals surface area (Å²) in [6.45, 7) is 5.99. The fraction of sp³-hybridized carbons (Fsp3) is 0.333. The molecule has 0 saturated carbocycles. The van der Waals surface area contributed by atoms with Crippen LogP contribution in [0.2, 0.25) is 0 Å². The lowest BCUT2D eigenvalue weighted by atomic mass is 9.91. The van der Waals surface area contributed by atoms with Crippen molar-refractivity contribution in [3.8, 4) is 0 Å². The highest BCUT2D eigenvalue weighted by molar-refractivity contribution is 6.12. The molecule has 0 bridgehead atoms. The molecule has 1 atom stereocenters. The number of carbonyl (C=O) groups is 3. The predicted octanol–water partition coefficient (Wildman–Crippen LogP) is 2.91. The number of ether oxygens (including phenoxy) is 1. The van der Waals surface area contributed by atoms with Gasteiger partial charge in [0.05, 0.1) is 18.6 Å². The minimum atomic E-state index is -1.09. The van der Waals surface area contributed by atoms with Crippen molar-refractivity contribution in [2.75, 3.05) is 11.9 Å². The van der Waals surface area contributed by atoms with Gasteiger partial charge in [0, 0.05) is 11.9 Å². The molecule has 0 fully saturated rings. The molecule has 2 amide bonds. The number of hydrogen-bond acceptors (Lipinski definition) is 5. The Hall–Kier alpha value is -3.22. The third-order valence-corrected chi connectivity index (χ3v) is 4.52. The van der Waals surface area contributed by atoms with E-state index in [0.29, 0.717) is 23.7 Å². The molecule has 7 nitrogen and oxygen atoms in total. The van der Waals surface area contributed by atoms with Gasteiger partial charge < -0.3 is 15.0 Å². The minimum absolute atomic E-state index is 0.0277. The Labute approximate surface area is 163 Å². The van der Waals surface area contributed by atoms with E-state index in [-0.39, 0.29) is 24.2 Å². The Balaban J connectivity index is 1.71. The number of anilines is 1. The second-order valence-corrected chi connectivity index (χ2v) is 7.41. The molecule has 3 rings (SSSR count). The van der Waals surface area contributed by atoms with E-state index in [4.69, 9.17) is 4.74 Å². The second-order valence-electron chi connectivity index (χ2n) is 7.41. The molecule has 2 heterocycles. The molecule has 1 unspecified atom stereocenters. The molecule has 146 valence electrons. The number of amides is 2. The van der Waals surface area contributed by atoms with E-state index in [0.717, 1.165) is 0 Å². The summed E-state index contributed by atoms with van der Waals surface area (Å²) < 4.78 is 5.20. The van der Waals surface area contributed by atoms with Gasteiger partial charge in [-0.2, -0.15) is 4.99 Å². The maximum absolute atomic E-state index is 13.0. The lowest BCUT2D eigenvalue weighted by Gasteiger charge is -2.41. The topological polar surface area (TPSA) is 88.1 Å². The number of nitrogens with one attached hydrogen (secondary N) is 1. The molecule has 2 aliphatic heterocycles. The summed E-state index contributed by atoms with van der Waals surface area (Å²) >= 11 is 0. The van der Waals surface area contributed by atoms with Gasteiger partial charge in [-0.05, 0) is 49.3 Å². The van der Waals surface area contributed by atoms with Crippen LogP contribution in [-0.4, -0.2) is 40.7 Å². The normalized spacial score (nSPS) is 20.6. The quantitative estimate of drug-likeness (QED) is 0.793. The van der Waals surface area contributed by atoms with Gasteiger partial charge in [-0.1, -0.05) is 19.9 Å². The number of allylic oxidation sites excluding steroid dienone is 2. The van der Waals surface area contributed by atoms with E-state index in [2.05, 4.69) is 10.3 Å². The number of aliphatic imine (C=N–C) groups is 1. The van der Waals surface area contributed by atoms with E-state index in [1.807, 2.05) is 13.8 Å². The fourth-order valence-corrected chi connectivity index (χ4v) is 2.96. The van der Waals surface area contributed by atoms with E-state index >= 15 is 0 Å². The number of esters is 1. The van der Waals surface area contributed by atoms with Crippen LogP contribution < -0.4 is 5.32 Å². The summed E-state index contributed by atoms with van der Waals surface area (Å²) in [7, 11) is 0. The number of amidine groups is 1. The molecule has 0 spiro atoms. The highest BCUT2D eigenvalue weighted by Gasteiger charge is 2.45. The van der Waals surface area contributed by atoms with Gasteiger partial charge in [-0.3, -0.25) is 9.59 Å². The van der Waals surface area contributed by atoms with Crippen molar-refractivity contribution in [2.45, 2.75) is 32.7 Å². The molecule has 1 aromatic carbocycles. The van der Waals surface area contributed by atoms with Crippen molar-refractivity contribution in [2.24, 2.45) is 10.9 Å². The molecule has 7 heteroatoms. The van der Waals surface area contributed by atoms with Crippen molar-refractivity contribution >= 4 is 29.3 Å². The first kappa shape index (κ1) is 19.5. The summed E-state index contributed by atoms with van der Waals surface area (Å²) in [6, 6.07) is 6.48. The third-order valence-electron chi connectivity index (χ3n) is 4.52. The van der Waals surface area contributed by atoms with Crippen LogP contribution in [0.4, 0.5) is 5.69 Å². The summed E-state index contributed by atoms with van der Waals surface area (Å²) in [6.07, 6.45) is 6.96. The van der Waals surface area contributed by atoms with Gasteiger partial charge in [0.2, 0.25) is 0 Å². The average molecular weight is 381 g/mol. The van der Waals surface area contributed by atoms with Crippen molar-refractivity contribution < 1.29 is 19.1 Å². The first-order valence-electron chi connectivity index (χ1n) is 9.14. The Morgan fingerprint density at radius 3 is 2.64 bits per heavy atom. The zero-order valence-corrected chi connectivity index (χ0v) is 16.1. The molecule has 0 saturated heterocycles. The Morgan fingerprint density at radius 1 is 1.25 bits per heavy atom. The molecule has 1 aromatic rings. The van der Waals surface area contributed by atoms with E-state index in [1.54, 1.807) is 60.5 Å². The molecule has 0 radical (unpaired) electrons. The minimum Gasteiger partial charge on any atom is -0.462 e. The summed E-state index contributed by atoms with van der Waals surface area (Å²) in [5.74, 6) is -0.369. The average Bonchev–Trinajstić information content (AvgIpc) is 2.66. The third kappa shape index (κ3) is 4.03. The zero-order chi connectivity index (χ0) is 20.3. The first-order valence-corrected chi connectivity index (χ1v) is 9.14. The lowest BCUT2D eigenvalue weighted by Crippen LogP contribution is -2.58. The number of nitrogens with zero attached hydrogens (tertiary/aromatic N) is 2. The SMILES string of the molecule is CC(C)COC(=O)c1ccc(NC(=O)C2(C)CC(=O)N=C3C=CC=CN32)cc1. The van der Waals surface area contributed by atoms with E-state index < -0.39 is 11.5 Å². The molecule has 0 aromatic heterocycles. The number of carbonyl (C=O) groups excluding carboxylic acids is 3. The number of benzene rings is 1. The van der Waals surface area contributed by atoms with Gasteiger partial charge >= 0.3 is 5.97 Å².